The number of nitrogens with one attached hydrogen (secondary N) is 1. The minimum Gasteiger partial charge on any atom is -0.460 e. The molecule has 0 aromatic heterocycles. The van der Waals surface area contributed by atoms with E-state index in [2.05, 4.69) is 12.3 Å². The molecule has 0 aromatic carbocycles. The molecule has 1 unspecified atom stereocenters. The lowest BCUT2D eigenvalue weighted by atomic mass is 9.95. The monoisotopic (exact) mass is 272 g/mol. The van der Waals surface area contributed by atoms with Gasteiger partial charge in [0.25, 0.3) is 0 Å². The predicted octanol–water partition coefficient (Wildman–Crippen LogP) is 3.16. The fourth-order valence-corrected chi connectivity index (χ4v) is 2.02. The van der Waals surface area contributed by atoms with Crippen molar-refractivity contribution in [3.63, 3.8) is 0 Å². The lowest BCUT2D eigenvalue weighted by Crippen LogP contribution is -2.29. The van der Waals surface area contributed by atoms with Crippen LogP contribution in [-0.2, 0) is 9.53 Å². The highest BCUT2D eigenvalue weighted by Gasteiger charge is 2.24. The summed E-state index contributed by atoms with van der Waals surface area (Å²) in [4.78, 5) is 12.2. The molecule has 0 aliphatic heterocycles. The standard InChI is InChI=1S/C15H32N2O2/c1-5-6-7-10-13(11-8-9-12-17-16)14(18)19-15(2,3)4/h13,17H,5-12,16H2,1-4H3. The SMILES string of the molecule is CCCCCC(CCCCNN)C(=O)OC(C)(C)C. The van der Waals surface area contributed by atoms with Crippen LogP contribution in [0.15, 0.2) is 0 Å². The van der Waals surface area contributed by atoms with E-state index in [9.17, 15) is 4.79 Å². The maximum Gasteiger partial charge on any atom is 0.309 e. The van der Waals surface area contributed by atoms with Crippen molar-refractivity contribution in [1.29, 1.82) is 0 Å². The molecule has 0 aliphatic carbocycles. The van der Waals surface area contributed by atoms with Gasteiger partial charge in [0.15, 0.2) is 0 Å². The van der Waals surface area contributed by atoms with Crippen molar-refractivity contribution in [1.82, 2.24) is 5.43 Å². The van der Waals surface area contributed by atoms with Crippen LogP contribution in [0.25, 0.3) is 0 Å². The second kappa shape index (κ2) is 10.2. The number of nitrogens with two attached hydrogens (primary N) is 1. The Morgan fingerprint density at radius 2 is 1.74 bits per heavy atom. The molecule has 0 aliphatic rings. The zero-order valence-corrected chi connectivity index (χ0v) is 13.1. The largest absolute Gasteiger partial charge is 0.460 e. The Morgan fingerprint density at radius 3 is 2.21 bits per heavy atom. The van der Waals surface area contributed by atoms with Crippen LogP contribution in [0.4, 0.5) is 0 Å². The molecule has 0 aromatic rings. The molecular formula is C15H32N2O2. The summed E-state index contributed by atoms with van der Waals surface area (Å²) in [5.74, 6) is 5.25. The van der Waals surface area contributed by atoms with Crippen LogP contribution in [0.2, 0.25) is 0 Å². The summed E-state index contributed by atoms with van der Waals surface area (Å²) in [6.45, 7) is 8.75. The molecule has 4 nitrogen and oxygen atoms in total. The number of unbranched alkanes of at least 4 members (excludes halogenated alkanes) is 3. The fourth-order valence-electron chi connectivity index (χ4n) is 2.02. The van der Waals surface area contributed by atoms with Gasteiger partial charge in [-0.3, -0.25) is 16.1 Å². The molecule has 19 heavy (non-hydrogen) atoms. The fraction of sp³-hybridized carbons (Fsp3) is 0.933. The van der Waals surface area contributed by atoms with Crippen LogP contribution in [0.1, 0.15) is 72.6 Å². The number of carbonyl (C=O) groups excluding carboxylic acids is 1. The molecule has 0 fully saturated rings. The number of esters is 1. The number of hydrogen-bond acceptors (Lipinski definition) is 4. The second-order valence-electron chi connectivity index (χ2n) is 6.18. The van der Waals surface area contributed by atoms with Gasteiger partial charge in [0.05, 0.1) is 5.92 Å². The Bertz CT molecular complexity index is 237. The first-order valence-corrected chi connectivity index (χ1v) is 7.57. The van der Waals surface area contributed by atoms with E-state index in [1.807, 2.05) is 20.8 Å². The van der Waals surface area contributed by atoms with Crippen molar-refractivity contribution >= 4 is 5.97 Å². The molecule has 0 amide bonds. The van der Waals surface area contributed by atoms with Gasteiger partial charge in [-0.25, -0.2) is 0 Å². The van der Waals surface area contributed by atoms with Gasteiger partial charge in [-0.1, -0.05) is 32.6 Å². The zero-order chi connectivity index (χ0) is 14.7. The van der Waals surface area contributed by atoms with Crippen LogP contribution in [0.5, 0.6) is 0 Å². The quantitative estimate of drug-likeness (QED) is 0.277. The van der Waals surface area contributed by atoms with Crippen LogP contribution in [-0.4, -0.2) is 18.1 Å². The number of hydrazine groups is 1. The smallest absolute Gasteiger partial charge is 0.309 e. The average Bonchev–Trinajstić information content (AvgIpc) is 2.30. The Labute approximate surface area is 118 Å². The van der Waals surface area contributed by atoms with E-state index in [4.69, 9.17) is 10.6 Å². The summed E-state index contributed by atoms with van der Waals surface area (Å²) in [7, 11) is 0. The highest BCUT2D eigenvalue weighted by Crippen LogP contribution is 2.21. The number of ether oxygens (including phenoxy) is 1. The minimum atomic E-state index is -0.390. The molecule has 0 bridgehead atoms. The lowest BCUT2D eigenvalue weighted by molar-refractivity contribution is -0.160. The van der Waals surface area contributed by atoms with Gasteiger partial charge in [0.2, 0.25) is 0 Å². The molecule has 4 heteroatoms. The van der Waals surface area contributed by atoms with Gasteiger partial charge in [-0.15, -0.1) is 0 Å². The lowest BCUT2D eigenvalue weighted by Gasteiger charge is -2.24. The van der Waals surface area contributed by atoms with Crippen molar-refractivity contribution in [2.24, 2.45) is 11.8 Å². The van der Waals surface area contributed by atoms with Crippen LogP contribution >= 0.6 is 0 Å². The van der Waals surface area contributed by atoms with Crippen molar-refractivity contribution in [3.05, 3.63) is 0 Å². The van der Waals surface area contributed by atoms with Gasteiger partial charge < -0.3 is 4.74 Å². The molecule has 0 rings (SSSR count). The third-order valence-corrected chi connectivity index (χ3v) is 3.02. The predicted molar refractivity (Wildman–Crippen MR) is 79.5 cm³/mol. The Morgan fingerprint density at radius 1 is 1.16 bits per heavy atom. The Kier molecular flexibility index (Phi) is 9.88. The highest BCUT2D eigenvalue weighted by atomic mass is 16.6. The van der Waals surface area contributed by atoms with Gasteiger partial charge >= 0.3 is 5.97 Å². The first kappa shape index (κ1) is 18.4. The molecule has 0 heterocycles. The summed E-state index contributed by atoms with van der Waals surface area (Å²) in [5.41, 5.74) is 2.26. The highest BCUT2D eigenvalue weighted by molar-refractivity contribution is 5.72. The Balaban J connectivity index is 4.18. The van der Waals surface area contributed by atoms with Gasteiger partial charge in [0.1, 0.15) is 5.60 Å². The molecule has 3 N–H and O–H groups in total. The average molecular weight is 272 g/mol. The normalized spacial score (nSPS) is 13.3. The maximum absolute atomic E-state index is 12.2. The molecule has 0 saturated heterocycles. The summed E-state index contributed by atoms with van der Waals surface area (Å²) in [5, 5.41) is 0. The minimum absolute atomic E-state index is 0.0377. The van der Waals surface area contributed by atoms with E-state index < -0.39 is 0 Å². The molecule has 114 valence electrons. The van der Waals surface area contributed by atoms with E-state index in [0.717, 1.165) is 38.6 Å². The first-order chi connectivity index (χ1) is 8.90. The van der Waals surface area contributed by atoms with E-state index in [-0.39, 0.29) is 17.5 Å². The molecular weight excluding hydrogens is 240 g/mol. The molecule has 0 radical (unpaired) electrons. The van der Waals surface area contributed by atoms with E-state index >= 15 is 0 Å². The summed E-state index contributed by atoms with van der Waals surface area (Å²) >= 11 is 0. The van der Waals surface area contributed by atoms with Gasteiger partial charge in [-0.2, -0.15) is 0 Å². The second-order valence-corrected chi connectivity index (χ2v) is 6.18. The van der Waals surface area contributed by atoms with E-state index in [1.54, 1.807) is 0 Å². The van der Waals surface area contributed by atoms with Crippen LogP contribution in [0.3, 0.4) is 0 Å². The summed E-state index contributed by atoms with van der Waals surface area (Å²) in [6, 6.07) is 0. The molecule has 0 saturated carbocycles. The van der Waals surface area contributed by atoms with Crippen LogP contribution < -0.4 is 11.3 Å². The maximum atomic E-state index is 12.2. The van der Waals surface area contributed by atoms with Crippen molar-refractivity contribution in [3.8, 4) is 0 Å². The van der Waals surface area contributed by atoms with E-state index in [1.165, 1.54) is 12.8 Å². The van der Waals surface area contributed by atoms with Gasteiger partial charge in [-0.05, 0) is 40.0 Å². The van der Waals surface area contributed by atoms with Crippen LogP contribution in [0, 0.1) is 5.92 Å². The number of rotatable bonds is 10. The van der Waals surface area contributed by atoms with Crippen molar-refractivity contribution in [2.75, 3.05) is 6.54 Å². The topological polar surface area (TPSA) is 64.3 Å². The summed E-state index contributed by atoms with van der Waals surface area (Å²) < 4.78 is 5.51. The number of hydrogen-bond donors (Lipinski definition) is 2. The van der Waals surface area contributed by atoms with Gasteiger partial charge in [0, 0.05) is 6.54 Å². The molecule has 0 spiro atoms. The van der Waals surface area contributed by atoms with E-state index in [0.29, 0.717) is 0 Å². The number of carbonyl (C=O) groups is 1. The molecule has 1 atom stereocenters. The van der Waals surface area contributed by atoms with Crippen molar-refractivity contribution in [2.45, 2.75) is 78.2 Å². The third kappa shape index (κ3) is 11.0. The first-order valence-electron chi connectivity index (χ1n) is 7.57. The van der Waals surface area contributed by atoms with Crippen molar-refractivity contribution < 1.29 is 9.53 Å². The Hall–Kier alpha value is -0.610. The summed E-state index contributed by atoms with van der Waals surface area (Å²) in [6.07, 6.45) is 7.33. The zero-order valence-electron chi connectivity index (χ0n) is 13.1. The third-order valence-electron chi connectivity index (χ3n) is 3.02.